The highest BCUT2D eigenvalue weighted by Gasteiger charge is 2.12. The maximum absolute atomic E-state index is 12.0. The van der Waals surface area contributed by atoms with Crippen LogP contribution in [0.2, 0.25) is 0 Å². The van der Waals surface area contributed by atoms with Crippen LogP contribution in [-0.2, 0) is 10.0 Å². The molecule has 0 aliphatic carbocycles. The number of benzene rings is 2. The Morgan fingerprint density at radius 1 is 0.850 bits per heavy atom. The van der Waals surface area contributed by atoms with Crippen molar-refractivity contribution in [3.8, 4) is 0 Å². The van der Waals surface area contributed by atoms with Crippen LogP contribution in [0.25, 0.3) is 0 Å². The Hall–Kier alpha value is -2.01. The molecule has 104 valence electrons. The van der Waals surface area contributed by atoms with Crippen LogP contribution in [0.5, 0.6) is 0 Å². The summed E-state index contributed by atoms with van der Waals surface area (Å²) < 4.78 is 27.5. The molecule has 0 heterocycles. The SMILES string of the molecule is Cc1ccc(S(=O)(=O)N=Nc2ccc(C)c(C)c2)cc1. The normalized spacial score (nSPS) is 11.9. The molecule has 0 radical (unpaired) electrons. The summed E-state index contributed by atoms with van der Waals surface area (Å²) >= 11 is 0. The van der Waals surface area contributed by atoms with Crippen molar-refractivity contribution in [1.82, 2.24) is 0 Å². The van der Waals surface area contributed by atoms with Crippen LogP contribution < -0.4 is 0 Å². The summed E-state index contributed by atoms with van der Waals surface area (Å²) in [7, 11) is -3.74. The van der Waals surface area contributed by atoms with Gasteiger partial charge in [-0.1, -0.05) is 28.3 Å². The summed E-state index contributed by atoms with van der Waals surface area (Å²) in [4.78, 5) is 0.149. The summed E-state index contributed by atoms with van der Waals surface area (Å²) in [6, 6.07) is 12.0. The molecule has 2 rings (SSSR count). The van der Waals surface area contributed by atoms with E-state index in [2.05, 4.69) is 9.63 Å². The highest BCUT2D eigenvalue weighted by molar-refractivity contribution is 7.90. The number of nitrogens with zero attached hydrogens (tertiary/aromatic N) is 2. The van der Waals surface area contributed by atoms with Gasteiger partial charge in [-0.25, -0.2) is 0 Å². The Morgan fingerprint density at radius 2 is 1.50 bits per heavy atom. The van der Waals surface area contributed by atoms with Crippen LogP contribution in [0.15, 0.2) is 57.0 Å². The van der Waals surface area contributed by atoms with E-state index in [1.54, 1.807) is 18.2 Å². The molecule has 0 spiro atoms. The molecule has 0 unspecified atom stereocenters. The zero-order valence-electron chi connectivity index (χ0n) is 11.7. The van der Waals surface area contributed by atoms with Crippen LogP contribution in [0.4, 0.5) is 5.69 Å². The smallest absolute Gasteiger partial charge is 0.198 e. The average Bonchev–Trinajstić information content (AvgIpc) is 2.41. The van der Waals surface area contributed by atoms with Gasteiger partial charge in [-0.05, 0) is 56.2 Å². The van der Waals surface area contributed by atoms with Gasteiger partial charge in [-0.2, -0.15) is 8.42 Å². The lowest BCUT2D eigenvalue weighted by molar-refractivity contribution is 0.595. The van der Waals surface area contributed by atoms with Crippen molar-refractivity contribution in [3.05, 3.63) is 59.2 Å². The summed E-state index contributed by atoms with van der Waals surface area (Å²) in [6.07, 6.45) is 0. The third-order valence-corrected chi connectivity index (χ3v) is 4.24. The predicted molar refractivity (Wildman–Crippen MR) is 78.8 cm³/mol. The minimum Gasteiger partial charge on any atom is -0.198 e. The highest BCUT2D eigenvalue weighted by Crippen LogP contribution is 2.20. The summed E-state index contributed by atoms with van der Waals surface area (Å²) in [5.41, 5.74) is 3.71. The van der Waals surface area contributed by atoms with Gasteiger partial charge in [0.2, 0.25) is 0 Å². The van der Waals surface area contributed by atoms with Crippen LogP contribution in [0, 0.1) is 20.8 Å². The van der Waals surface area contributed by atoms with Gasteiger partial charge in [0.15, 0.2) is 0 Å². The Bertz CT molecular complexity index is 748. The van der Waals surface area contributed by atoms with Crippen LogP contribution in [0.3, 0.4) is 0 Å². The number of rotatable bonds is 3. The number of hydrogen-bond acceptors (Lipinski definition) is 3. The minimum atomic E-state index is -3.74. The van der Waals surface area contributed by atoms with E-state index in [-0.39, 0.29) is 4.90 Å². The predicted octanol–water partition coefficient (Wildman–Crippen LogP) is 4.08. The quantitative estimate of drug-likeness (QED) is 0.799. The van der Waals surface area contributed by atoms with Crippen molar-refractivity contribution in [2.45, 2.75) is 25.7 Å². The lowest BCUT2D eigenvalue weighted by atomic mass is 10.1. The van der Waals surface area contributed by atoms with Gasteiger partial charge < -0.3 is 0 Å². The molecule has 0 aliphatic heterocycles. The van der Waals surface area contributed by atoms with Gasteiger partial charge in [0.05, 0.1) is 10.6 Å². The van der Waals surface area contributed by atoms with E-state index in [9.17, 15) is 8.42 Å². The van der Waals surface area contributed by atoms with Crippen molar-refractivity contribution >= 4 is 15.7 Å². The van der Waals surface area contributed by atoms with Crippen LogP contribution >= 0.6 is 0 Å². The van der Waals surface area contributed by atoms with Gasteiger partial charge in [0.1, 0.15) is 0 Å². The number of sulfonamides is 1. The molecule has 0 fully saturated rings. The molecule has 0 atom stereocenters. The number of hydrogen-bond donors (Lipinski definition) is 0. The maximum Gasteiger partial charge on any atom is 0.299 e. The van der Waals surface area contributed by atoms with Gasteiger partial charge in [-0.15, -0.1) is 5.11 Å². The molecule has 0 amide bonds. The molecular formula is C15H16N2O2S. The molecule has 0 N–H and O–H groups in total. The Kier molecular flexibility index (Phi) is 3.99. The molecule has 0 saturated carbocycles. The average molecular weight is 288 g/mol. The summed E-state index contributed by atoms with van der Waals surface area (Å²) in [5, 5.41) is 3.82. The topological polar surface area (TPSA) is 58.9 Å². The fourth-order valence-corrected chi connectivity index (χ4v) is 2.42. The molecular weight excluding hydrogens is 272 g/mol. The first-order valence-electron chi connectivity index (χ1n) is 6.20. The van der Waals surface area contributed by atoms with E-state index in [1.807, 2.05) is 32.9 Å². The van der Waals surface area contributed by atoms with Crippen molar-refractivity contribution in [2.24, 2.45) is 9.63 Å². The van der Waals surface area contributed by atoms with Crippen LogP contribution in [0.1, 0.15) is 16.7 Å². The van der Waals surface area contributed by atoms with Crippen molar-refractivity contribution in [3.63, 3.8) is 0 Å². The molecule has 5 heteroatoms. The molecule has 2 aromatic rings. The Balaban J connectivity index is 2.29. The molecule has 4 nitrogen and oxygen atoms in total. The third-order valence-electron chi connectivity index (χ3n) is 3.07. The zero-order chi connectivity index (χ0) is 14.8. The fourth-order valence-electron chi connectivity index (χ4n) is 1.65. The largest absolute Gasteiger partial charge is 0.299 e. The molecule has 20 heavy (non-hydrogen) atoms. The first-order chi connectivity index (χ1) is 9.38. The van der Waals surface area contributed by atoms with Gasteiger partial charge >= 0.3 is 0 Å². The fraction of sp³-hybridized carbons (Fsp3) is 0.200. The standard InChI is InChI=1S/C15H16N2O2S/c1-11-4-8-15(9-5-11)20(18,19)17-16-14-7-6-12(2)13(3)10-14/h4-10H,1-3H3. The van der Waals surface area contributed by atoms with E-state index >= 15 is 0 Å². The Morgan fingerprint density at radius 3 is 2.10 bits per heavy atom. The molecule has 0 bridgehead atoms. The number of aryl methyl sites for hydroxylation is 3. The first kappa shape index (κ1) is 14.4. The van der Waals surface area contributed by atoms with Crippen molar-refractivity contribution in [1.29, 1.82) is 0 Å². The van der Waals surface area contributed by atoms with E-state index in [0.717, 1.165) is 16.7 Å². The third kappa shape index (κ3) is 3.30. The monoisotopic (exact) mass is 288 g/mol. The van der Waals surface area contributed by atoms with E-state index in [0.29, 0.717) is 5.69 Å². The lowest BCUT2D eigenvalue weighted by Crippen LogP contribution is -1.95. The Labute approximate surface area is 119 Å². The maximum atomic E-state index is 12.0. The minimum absolute atomic E-state index is 0.149. The second kappa shape index (κ2) is 5.54. The highest BCUT2D eigenvalue weighted by atomic mass is 32.2. The second-order valence-corrected chi connectivity index (χ2v) is 6.32. The van der Waals surface area contributed by atoms with Crippen molar-refractivity contribution < 1.29 is 8.42 Å². The molecule has 0 aromatic heterocycles. The first-order valence-corrected chi connectivity index (χ1v) is 7.64. The van der Waals surface area contributed by atoms with E-state index in [1.165, 1.54) is 12.1 Å². The van der Waals surface area contributed by atoms with E-state index < -0.39 is 10.0 Å². The summed E-state index contributed by atoms with van der Waals surface area (Å²) in [6.45, 7) is 5.83. The van der Waals surface area contributed by atoms with Gasteiger partial charge in [0, 0.05) is 0 Å². The lowest BCUT2D eigenvalue weighted by Gasteiger charge is -2.00. The summed E-state index contributed by atoms with van der Waals surface area (Å²) in [5.74, 6) is 0. The zero-order valence-corrected chi connectivity index (χ0v) is 12.5. The van der Waals surface area contributed by atoms with Gasteiger partial charge in [-0.3, -0.25) is 0 Å². The molecule has 0 aliphatic rings. The van der Waals surface area contributed by atoms with Crippen LogP contribution in [-0.4, -0.2) is 8.42 Å². The van der Waals surface area contributed by atoms with Gasteiger partial charge in [0.25, 0.3) is 10.0 Å². The molecule has 0 saturated heterocycles. The van der Waals surface area contributed by atoms with E-state index in [4.69, 9.17) is 0 Å². The molecule has 2 aromatic carbocycles. The second-order valence-electron chi connectivity index (χ2n) is 4.74. The van der Waals surface area contributed by atoms with Crippen molar-refractivity contribution in [2.75, 3.05) is 0 Å².